The van der Waals surface area contributed by atoms with E-state index in [2.05, 4.69) is 21.5 Å². The first-order chi connectivity index (χ1) is 12.8. The molecule has 0 bridgehead atoms. The van der Waals surface area contributed by atoms with Gasteiger partial charge in [0.05, 0.1) is 23.9 Å². The summed E-state index contributed by atoms with van der Waals surface area (Å²) < 4.78 is 2.08. The zero-order valence-corrected chi connectivity index (χ0v) is 15.8. The Balaban J connectivity index is 0.000000321. The number of unbranched alkanes of at least 4 members (excludes halogenated alkanes) is 1. The molecule has 0 radical (unpaired) electrons. The Bertz CT molecular complexity index is 949. The van der Waals surface area contributed by atoms with Crippen molar-refractivity contribution in [1.82, 2.24) is 19.4 Å². The van der Waals surface area contributed by atoms with E-state index in [1.54, 1.807) is 25.3 Å². The number of aliphatic carboxylic acids is 1. The Morgan fingerprint density at radius 2 is 1.96 bits per heavy atom. The molecule has 3 N–H and O–H groups in total. The molecular formula is C19H25N5O3. The van der Waals surface area contributed by atoms with Gasteiger partial charge in [0.2, 0.25) is 0 Å². The number of nitrogens with two attached hydrogens (primary N) is 1. The van der Waals surface area contributed by atoms with E-state index in [4.69, 9.17) is 10.8 Å². The van der Waals surface area contributed by atoms with Crippen LogP contribution in [0.5, 0.6) is 0 Å². The van der Waals surface area contributed by atoms with Crippen LogP contribution in [0.3, 0.4) is 0 Å². The number of pyridine rings is 1. The lowest BCUT2D eigenvalue weighted by molar-refractivity contribution is -0.137. The summed E-state index contributed by atoms with van der Waals surface area (Å²) in [5.41, 5.74) is 7.98. The number of nitrogens with zero attached hydrogens (tertiary/aromatic N) is 4. The number of para-hydroxylation sites is 1. The van der Waals surface area contributed by atoms with Gasteiger partial charge in [0, 0.05) is 11.9 Å². The van der Waals surface area contributed by atoms with Crippen LogP contribution < -0.4 is 5.73 Å². The summed E-state index contributed by atoms with van der Waals surface area (Å²) in [5.74, 6) is -1.33. The fraction of sp³-hybridized carbons (Fsp3) is 0.368. The van der Waals surface area contributed by atoms with Crippen LogP contribution in [0.4, 0.5) is 0 Å². The lowest BCUT2D eigenvalue weighted by atomic mass is 10.1. The van der Waals surface area contributed by atoms with E-state index in [-0.39, 0.29) is 12.2 Å². The monoisotopic (exact) mass is 371 g/mol. The van der Waals surface area contributed by atoms with Crippen molar-refractivity contribution < 1.29 is 14.7 Å². The fourth-order valence-corrected chi connectivity index (χ4v) is 2.72. The smallest absolute Gasteiger partial charge is 0.317 e. The highest BCUT2D eigenvalue weighted by atomic mass is 16.4. The summed E-state index contributed by atoms with van der Waals surface area (Å²) in [7, 11) is 3.43. The summed E-state index contributed by atoms with van der Waals surface area (Å²) in [5, 5.41) is 9.04. The Kier molecular flexibility index (Phi) is 6.84. The predicted octanol–water partition coefficient (Wildman–Crippen LogP) is 2.12. The normalized spacial score (nSPS) is 10.8. The van der Waals surface area contributed by atoms with Gasteiger partial charge in [-0.3, -0.25) is 14.5 Å². The minimum Gasteiger partial charge on any atom is -0.480 e. The first-order valence-corrected chi connectivity index (χ1v) is 8.75. The van der Waals surface area contributed by atoms with Crippen molar-refractivity contribution in [3.63, 3.8) is 0 Å². The number of carboxylic acid groups (broad SMARTS) is 1. The minimum absolute atomic E-state index is 0.111. The second-order valence-corrected chi connectivity index (χ2v) is 6.46. The molecule has 0 aliphatic carbocycles. The third-order valence-corrected chi connectivity index (χ3v) is 3.89. The third kappa shape index (κ3) is 5.01. The maximum absolute atomic E-state index is 11.6. The summed E-state index contributed by atoms with van der Waals surface area (Å²) in [6.07, 6.45) is 3.93. The van der Waals surface area contributed by atoms with Gasteiger partial charge in [0.25, 0.3) is 5.91 Å². The molecule has 0 unspecified atom stereocenters. The second-order valence-electron chi connectivity index (χ2n) is 6.46. The van der Waals surface area contributed by atoms with Crippen LogP contribution in [0.1, 0.15) is 30.3 Å². The van der Waals surface area contributed by atoms with Crippen molar-refractivity contribution in [2.24, 2.45) is 5.73 Å². The molecule has 3 aromatic rings. The first-order valence-electron chi connectivity index (χ1n) is 8.75. The summed E-state index contributed by atoms with van der Waals surface area (Å²) in [4.78, 5) is 31.6. The van der Waals surface area contributed by atoms with Crippen LogP contribution in [0.2, 0.25) is 0 Å². The number of hydrogen-bond donors (Lipinski definition) is 2. The van der Waals surface area contributed by atoms with Gasteiger partial charge in [0.15, 0.2) is 5.69 Å². The standard InChI is InChI=1S/C15H16N4O.C4H9NO2/c1-2-3-8-19-9-17-12-13(15(16)20)18-11-7-5-4-6-10(11)14(12)19;1-5(2)3-4(6)7/h4-7,9H,2-3,8H2,1H3,(H2,16,20);3H2,1-2H3,(H,6,7). The number of imidazole rings is 1. The highest BCUT2D eigenvalue weighted by molar-refractivity contribution is 6.11. The molecule has 1 aromatic carbocycles. The fourth-order valence-electron chi connectivity index (χ4n) is 2.72. The van der Waals surface area contributed by atoms with Crippen molar-refractivity contribution in [3.05, 3.63) is 36.3 Å². The minimum atomic E-state index is -0.787. The molecule has 0 aliphatic rings. The number of fused-ring (bicyclic) bond motifs is 3. The van der Waals surface area contributed by atoms with Gasteiger partial charge < -0.3 is 15.4 Å². The van der Waals surface area contributed by atoms with E-state index in [9.17, 15) is 9.59 Å². The summed E-state index contributed by atoms with van der Waals surface area (Å²) in [6.45, 7) is 3.13. The number of aromatic nitrogens is 3. The van der Waals surface area contributed by atoms with E-state index >= 15 is 0 Å². The SMILES string of the molecule is CCCCn1cnc2c(C(N)=O)nc3ccccc3c21.CN(C)CC(=O)O. The Labute approximate surface area is 157 Å². The largest absolute Gasteiger partial charge is 0.480 e. The van der Waals surface area contributed by atoms with Crippen LogP contribution in [0.25, 0.3) is 21.9 Å². The van der Waals surface area contributed by atoms with Gasteiger partial charge in [-0.15, -0.1) is 0 Å². The van der Waals surface area contributed by atoms with E-state index in [1.165, 1.54) is 0 Å². The maximum atomic E-state index is 11.6. The molecule has 8 nitrogen and oxygen atoms in total. The number of hydrogen-bond acceptors (Lipinski definition) is 5. The number of aryl methyl sites for hydroxylation is 1. The lowest BCUT2D eigenvalue weighted by Crippen LogP contribution is -2.20. The quantitative estimate of drug-likeness (QED) is 0.686. The molecule has 27 heavy (non-hydrogen) atoms. The van der Waals surface area contributed by atoms with E-state index in [0.717, 1.165) is 35.8 Å². The van der Waals surface area contributed by atoms with Crippen molar-refractivity contribution in [2.45, 2.75) is 26.3 Å². The number of likely N-dealkylation sites (N-methyl/N-ethyl adjacent to an activating group) is 1. The van der Waals surface area contributed by atoms with Crippen LogP contribution in [0, 0.1) is 0 Å². The zero-order valence-electron chi connectivity index (χ0n) is 15.8. The molecule has 0 spiro atoms. The molecule has 0 fully saturated rings. The zero-order chi connectivity index (χ0) is 20.0. The van der Waals surface area contributed by atoms with Crippen LogP contribution in [-0.4, -0.2) is 57.1 Å². The number of primary amides is 1. The van der Waals surface area contributed by atoms with Crippen molar-refractivity contribution >= 4 is 33.8 Å². The van der Waals surface area contributed by atoms with Crippen molar-refractivity contribution in [1.29, 1.82) is 0 Å². The van der Waals surface area contributed by atoms with Crippen LogP contribution >= 0.6 is 0 Å². The molecule has 0 atom stereocenters. The molecule has 0 aliphatic heterocycles. The molecule has 144 valence electrons. The van der Waals surface area contributed by atoms with Crippen LogP contribution in [0.15, 0.2) is 30.6 Å². The lowest BCUT2D eigenvalue weighted by Gasteiger charge is -2.07. The molecule has 2 heterocycles. The Hall–Kier alpha value is -3.00. The van der Waals surface area contributed by atoms with Gasteiger partial charge >= 0.3 is 5.97 Å². The van der Waals surface area contributed by atoms with Crippen molar-refractivity contribution in [3.8, 4) is 0 Å². The second kappa shape index (κ2) is 9.09. The highest BCUT2D eigenvalue weighted by Gasteiger charge is 2.16. The predicted molar refractivity (Wildman–Crippen MR) is 105 cm³/mol. The Morgan fingerprint density at radius 3 is 2.52 bits per heavy atom. The van der Waals surface area contributed by atoms with E-state index in [0.29, 0.717) is 5.52 Å². The molecule has 2 aromatic heterocycles. The van der Waals surface area contributed by atoms with Gasteiger partial charge in [-0.1, -0.05) is 31.5 Å². The number of rotatable bonds is 6. The van der Waals surface area contributed by atoms with Crippen molar-refractivity contribution in [2.75, 3.05) is 20.6 Å². The van der Waals surface area contributed by atoms with E-state index < -0.39 is 11.9 Å². The molecule has 0 saturated heterocycles. The molecule has 8 heteroatoms. The molecular weight excluding hydrogens is 346 g/mol. The summed E-state index contributed by atoms with van der Waals surface area (Å²) >= 11 is 0. The highest BCUT2D eigenvalue weighted by Crippen LogP contribution is 2.25. The number of amides is 1. The van der Waals surface area contributed by atoms with Gasteiger partial charge in [-0.25, -0.2) is 9.97 Å². The summed E-state index contributed by atoms with van der Waals surface area (Å²) in [6, 6.07) is 7.75. The van der Waals surface area contributed by atoms with Crippen LogP contribution in [-0.2, 0) is 11.3 Å². The average Bonchev–Trinajstić information content (AvgIpc) is 3.02. The number of benzene rings is 1. The van der Waals surface area contributed by atoms with Gasteiger partial charge in [-0.05, 0) is 26.6 Å². The number of carboxylic acids is 1. The topological polar surface area (TPSA) is 114 Å². The average molecular weight is 371 g/mol. The number of carbonyl (C=O) groups excluding carboxylic acids is 1. The molecule has 0 saturated carbocycles. The molecule has 3 rings (SSSR count). The maximum Gasteiger partial charge on any atom is 0.317 e. The van der Waals surface area contributed by atoms with Gasteiger partial charge in [-0.2, -0.15) is 0 Å². The molecule has 1 amide bonds. The van der Waals surface area contributed by atoms with E-state index in [1.807, 2.05) is 24.3 Å². The third-order valence-electron chi connectivity index (χ3n) is 3.89. The Morgan fingerprint density at radius 1 is 1.26 bits per heavy atom. The first kappa shape index (κ1) is 20.3. The van der Waals surface area contributed by atoms with Gasteiger partial charge in [0.1, 0.15) is 5.52 Å². The number of carbonyl (C=O) groups is 2.